The SMILES string of the molecule is O=S(=O)(Nc1ncccn1)c1ccc2c(c1)OCCC2c1ccc(C(F)(F)F)cc1CCC(F)F. The van der Waals surface area contributed by atoms with Crippen LogP contribution >= 0.6 is 0 Å². The van der Waals surface area contributed by atoms with Gasteiger partial charge in [0.25, 0.3) is 10.0 Å². The predicted octanol–water partition coefficient (Wildman–Crippen LogP) is 5.41. The second-order valence-corrected chi connectivity index (χ2v) is 9.59. The minimum absolute atomic E-state index is 0.113. The summed E-state index contributed by atoms with van der Waals surface area (Å²) in [6.45, 7) is 0.172. The third-order valence-corrected chi connectivity index (χ3v) is 6.93. The monoisotopic (exact) mass is 513 g/mol. The third kappa shape index (κ3) is 5.69. The molecule has 1 atom stereocenters. The number of fused-ring (bicyclic) bond motifs is 1. The molecule has 0 saturated carbocycles. The second kappa shape index (κ2) is 9.76. The number of rotatable bonds is 7. The van der Waals surface area contributed by atoms with Crippen LogP contribution in [0.2, 0.25) is 0 Å². The van der Waals surface area contributed by atoms with E-state index in [0.717, 1.165) is 12.1 Å². The van der Waals surface area contributed by atoms with Crippen molar-refractivity contribution in [1.29, 1.82) is 0 Å². The predicted molar refractivity (Wildman–Crippen MR) is 117 cm³/mol. The number of hydrogen-bond acceptors (Lipinski definition) is 5. The molecule has 2 heterocycles. The number of nitrogens with one attached hydrogen (secondary N) is 1. The van der Waals surface area contributed by atoms with Crippen molar-refractivity contribution in [1.82, 2.24) is 9.97 Å². The van der Waals surface area contributed by atoms with Crippen LogP contribution in [-0.2, 0) is 22.6 Å². The van der Waals surface area contributed by atoms with Crippen LogP contribution in [-0.4, -0.2) is 31.4 Å². The van der Waals surface area contributed by atoms with E-state index < -0.39 is 40.5 Å². The van der Waals surface area contributed by atoms with E-state index in [1.54, 1.807) is 0 Å². The lowest BCUT2D eigenvalue weighted by molar-refractivity contribution is -0.137. The molecular formula is C23H20F5N3O3S. The molecule has 1 N–H and O–H groups in total. The molecule has 12 heteroatoms. The van der Waals surface area contributed by atoms with Crippen LogP contribution < -0.4 is 9.46 Å². The molecule has 0 amide bonds. The van der Waals surface area contributed by atoms with Gasteiger partial charge in [-0.1, -0.05) is 12.1 Å². The zero-order valence-corrected chi connectivity index (χ0v) is 18.9. The molecule has 0 spiro atoms. The normalized spacial score (nSPS) is 16.0. The second-order valence-electron chi connectivity index (χ2n) is 7.91. The van der Waals surface area contributed by atoms with E-state index in [-0.39, 0.29) is 35.2 Å². The Bertz CT molecular complexity index is 1300. The Hall–Kier alpha value is -3.28. The molecule has 1 aromatic heterocycles. The summed E-state index contributed by atoms with van der Waals surface area (Å²) in [6, 6.07) is 8.86. The van der Waals surface area contributed by atoms with Crippen LogP contribution in [0, 0.1) is 0 Å². The van der Waals surface area contributed by atoms with E-state index >= 15 is 0 Å². The molecule has 186 valence electrons. The van der Waals surface area contributed by atoms with Gasteiger partial charge in [0.1, 0.15) is 5.75 Å². The molecule has 2 aromatic carbocycles. The van der Waals surface area contributed by atoms with Crippen molar-refractivity contribution in [2.75, 3.05) is 11.3 Å². The molecule has 0 saturated heterocycles. The van der Waals surface area contributed by atoms with Crippen molar-refractivity contribution in [2.24, 2.45) is 0 Å². The van der Waals surface area contributed by atoms with E-state index in [1.165, 1.54) is 42.7 Å². The first-order valence-electron chi connectivity index (χ1n) is 10.6. The molecule has 4 rings (SSSR count). The summed E-state index contributed by atoms with van der Waals surface area (Å²) >= 11 is 0. The van der Waals surface area contributed by atoms with E-state index in [0.29, 0.717) is 17.5 Å². The molecule has 0 radical (unpaired) electrons. The van der Waals surface area contributed by atoms with Crippen molar-refractivity contribution in [3.8, 4) is 5.75 Å². The van der Waals surface area contributed by atoms with Crippen molar-refractivity contribution in [3.63, 3.8) is 0 Å². The number of aromatic nitrogens is 2. The highest BCUT2D eigenvalue weighted by molar-refractivity contribution is 7.92. The van der Waals surface area contributed by atoms with Gasteiger partial charge in [0.15, 0.2) is 0 Å². The van der Waals surface area contributed by atoms with Gasteiger partial charge in [-0.2, -0.15) is 13.2 Å². The fourth-order valence-corrected chi connectivity index (χ4v) is 4.97. The van der Waals surface area contributed by atoms with Crippen molar-refractivity contribution in [3.05, 3.63) is 77.1 Å². The summed E-state index contributed by atoms with van der Waals surface area (Å²) in [7, 11) is -4.04. The molecule has 0 fully saturated rings. The fourth-order valence-electron chi connectivity index (χ4n) is 3.99. The average Bonchev–Trinajstić information content (AvgIpc) is 2.81. The Morgan fingerprint density at radius 2 is 1.77 bits per heavy atom. The lowest BCUT2D eigenvalue weighted by Gasteiger charge is -2.29. The van der Waals surface area contributed by atoms with Crippen LogP contribution in [0.5, 0.6) is 5.75 Å². The molecular weight excluding hydrogens is 493 g/mol. The third-order valence-electron chi connectivity index (χ3n) is 5.60. The zero-order valence-electron chi connectivity index (χ0n) is 18.1. The molecule has 6 nitrogen and oxygen atoms in total. The smallest absolute Gasteiger partial charge is 0.416 e. The first-order valence-corrected chi connectivity index (χ1v) is 12.1. The zero-order chi connectivity index (χ0) is 25.2. The maximum atomic E-state index is 13.3. The number of benzene rings is 2. The Kier molecular flexibility index (Phi) is 6.93. The Labute approximate surface area is 198 Å². The van der Waals surface area contributed by atoms with Crippen molar-refractivity contribution >= 4 is 16.0 Å². The van der Waals surface area contributed by atoms with Crippen LogP contribution in [0.15, 0.2) is 59.8 Å². The standard InChI is InChI=1S/C23H20F5N3O3S/c24-21(25)7-2-14-12-15(23(26,27)28)3-5-17(14)18-8-11-34-20-13-16(4-6-19(18)20)35(32,33)31-22-29-9-1-10-30-22/h1,3-6,9-10,12-13,18,21H,2,7-8,11H2,(H,29,30,31). The summed E-state index contributed by atoms with van der Waals surface area (Å²) < 4.78 is 98.9. The number of hydrogen-bond donors (Lipinski definition) is 1. The van der Waals surface area contributed by atoms with Gasteiger partial charge >= 0.3 is 6.18 Å². The van der Waals surface area contributed by atoms with E-state index in [9.17, 15) is 30.4 Å². The van der Waals surface area contributed by atoms with Crippen LogP contribution in [0.1, 0.15) is 41.0 Å². The number of sulfonamides is 1. The van der Waals surface area contributed by atoms with Gasteiger partial charge in [-0.15, -0.1) is 0 Å². The first-order chi connectivity index (χ1) is 16.5. The Morgan fingerprint density at radius 1 is 1.06 bits per heavy atom. The Morgan fingerprint density at radius 3 is 2.46 bits per heavy atom. The van der Waals surface area contributed by atoms with Gasteiger partial charge in [0, 0.05) is 36.4 Å². The number of halogens is 5. The number of nitrogens with zero attached hydrogens (tertiary/aromatic N) is 2. The molecule has 1 unspecified atom stereocenters. The Balaban J connectivity index is 1.69. The maximum Gasteiger partial charge on any atom is 0.416 e. The van der Waals surface area contributed by atoms with E-state index in [1.807, 2.05) is 0 Å². The number of aryl methyl sites for hydroxylation is 1. The topological polar surface area (TPSA) is 81.2 Å². The minimum Gasteiger partial charge on any atom is -0.493 e. The van der Waals surface area contributed by atoms with Crippen molar-refractivity contribution < 1.29 is 35.1 Å². The maximum absolute atomic E-state index is 13.3. The largest absolute Gasteiger partial charge is 0.493 e. The van der Waals surface area contributed by atoms with Gasteiger partial charge in [0.05, 0.1) is 17.1 Å². The number of anilines is 1. The summed E-state index contributed by atoms with van der Waals surface area (Å²) in [5.74, 6) is -0.314. The van der Waals surface area contributed by atoms with Gasteiger partial charge < -0.3 is 4.74 Å². The summed E-state index contributed by atoms with van der Waals surface area (Å²) in [6.07, 6.45) is -4.92. The number of ether oxygens (including phenoxy) is 1. The molecule has 3 aromatic rings. The quantitative estimate of drug-likeness (QED) is 0.428. The first kappa shape index (κ1) is 24.8. The molecule has 0 bridgehead atoms. The highest BCUT2D eigenvalue weighted by atomic mass is 32.2. The van der Waals surface area contributed by atoms with Gasteiger partial charge in [-0.3, -0.25) is 0 Å². The number of alkyl halides is 5. The van der Waals surface area contributed by atoms with E-state index in [4.69, 9.17) is 4.74 Å². The highest BCUT2D eigenvalue weighted by Gasteiger charge is 2.33. The summed E-state index contributed by atoms with van der Waals surface area (Å²) in [4.78, 5) is 7.54. The van der Waals surface area contributed by atoms with Gasteiger partial charge in [-0.05, 0) is 48.2 Å². The fraction of sp³-hybridized carbons (Fsp3) is 0.304. The molecule has 35 heavy (non-hydrogen) atoms. The lowest BCUT2D eigenvalue weighted by Crippen LogP contribution is -2.19. The van der Waals surface area contributed by atoms with Crippen LogP contribution in [0.25, 0.3) is 0 Å². The van der Waals surface area contributed by atoms with Crippen LogP contribution in [0.3, 0.4) is 0 Å². The summed E-state index contributed by atoms with van der Waals surface area (Å²) in [5, 5.41) is 0. The summed E-state index contributed by atoms with van der Waals surface area (Å²) in [5.41, 5.74) is 0.310. The average molecular weight is 513 g/mol. The van der Waals surface area contributed by atoms with Crippen molar-refractivity contribution in [2.45, 2.75) is 42.7 Å². The van der Waals surface area contributed by atoms with Crippen LogP contribution in [0.4, 0.5) is 27.9 Å². The minimum atomic E-state index is -4.61. The molecule has 1 aliphatic heterocycles. The van der Waals surface area contributed by atoms with Gasteiger partial charge in [0.2, 0.25) is 12.4 Å². The van der Waals surface area contributed by atoms with Gasteiger partial charge in [-0.25, -0.2) is 31.9 Å². The highest BCUT2D eigenvalue weighted by Crippen LogP contribution is 2.42. The van der Waals surface area contributed by atoms with E-state index in [2.05, 4.69) is 14.7 Å². The molecule has 1 aliphatic rings. The lowest BCUT2D eigenvalue weighted by atomic mass is 9.82. The molecule has 0 aliphatic carbocycles.